The van der Waals surface area contributed by atoms with E-state index in [4.69, 9.17) is 5.73 Å². The molecule has 0 saturated heterocycles. The van der Waals surface area contributed by atoms with Gasteiger partial charge in [0.15, 0.2) is 0 Å². The monoisotopic (exact) mass is 238 g/mol. The summed E-state index contributed by atoms with van der Waals surface area (Å²) in [5.74, 6) is -0.206. The first-order chi connectivity index (χ1) is 8.12. The maximum Gasteiger partial charge on any atom is 0.127 e. The molecule has 2 nitrogen and oxygen atoms in total. The minimum atomic E-state index is -0.206. The van der Waals surface area contributed by atoms with E-state index < -0.39 is 0 Å². The van der Waals surface area contributed by atoms with Crippen LogP contribution in [0.3, 0.4) is 0 Å². The smallest absolute Gasteiger partial charge is 0.127 e. The largest absolute Gasteiger partial charge is 0.326 e. The van der Waals surface area contributed by atoms with Gasteiger partial charge in [-0.05, 0) is 31.5 Å². The Morgan fingerprint density at radius 1 is 1.35 bits per heavy atom. The third-order valence-corrected chi connectivity index (χ3v) is 3.34. The van der Waals surface area contributed by atoms with Gasteiger partial charge in [-0.25, -0.2) is 4.39 Å². The van der Waals surface area contributed by atoms with Crippen molar-refractivity contribution in [1.29, 1.82) is 0 Å². The van der Waals surface area contributed by atoms with Gasteiger partial charge in [-0.2, -0.15) is 0 Å². The molecule has 0 bridgehead atoms. The van der Waals surface area contributed by atoms with Crippen LogP contribution >= 0.6 is 0 Å². The standard InChI is InChI=1S/C14H23FN2/c1-4-11(3)17(5-2)10-12-6-7-14(15)13(8-12)9-16/h6-8,11H,4-5,9-10,16H2,1-3H3. The number of nitrogens with two attached hydrogens (primary N) is 1. The normalized spacial score (nSPS) is 13.1. The molecule has 1 atom stereocenters. The van der Waals surface area contributed by atoms with E-state index in [1.54, 1.807) is 0 Å². The zero-order valence-corrected chi connectivity index (χ0v) is 11.0. The lowest BCUT2D eigenvalue weighted by molar-refractivity contribution is 0.206. The van der Waals surface area contributed by atoms with Crippen molar-refractivity contribution in [2.75, 3.05) is 6.54 Å². The molecule has 1 aromatic carbocycles. The molecule has 0 saturated carbocycles. The lowest BCUT2D eigenvalue weighted by Crippen LogP contribution is -2.31. The molecule has 1 rings (SSSR count). The van der Waals surface area contributed by atoms with Crippen molar-refractivity contribution in [1.82, 2.24) is 4.90 Å². The van der Waals surface area contributed by atoms with Gasteiger partial charge in [0, 0.05) is 24.7 Å². The van der Waals surface area contributed by atoms with Crippen LogP contribution in [0.2, 0.25) is 0 Å². The second-order valence-corrected chi connectivity index (χ2v) is 4.45. The van der Waals surface area contributed by atoms with E-state index in [0.717, 1.165) is 25.1 Å². The zero-order valence-electron chi connectivity index (χ0n) is 11.0. The van der Waals surface area contributed by atoms with E-state index in [-0.39, 0.29) is 12.4 Å². The van der Waals surface area contributed by atoms with Crippen LogP contribution in [0.1, 0.15) is 38.3 Å². The van der Waals surface area contributed by atoms with Crippen molar-refractivity contribution in [2.24, 2.45) is 5.73 Å². The third kappa shape index (κ3) is 3.79. The average Bonchev–Trinajstić information content (AvgIpc) is 2.36. The number of hydrogen-bond donors (Lipinski definition) is 1. The van der Waals surface area contributed by atoms with Crippen LogP contribution in [0, 0.1) is 5.82 Å². The van der Waals surface area contributed by atoms with Crippen LogP contribution in [-0.4, -0.2) is 17.5 Å². The Balaban J connectivity index is 2.79. The van der Waals surface area contributed by atoms with E-state index in [9.17, 15) is 4.39 Å². The predicted molar refractivity (Wildman–Crippen MR) is 70.1 cm³/mol. The van der Waals surface area contributed by atoms with Crippen LogP contribution < -0.4 is 5.73 Å². The summed E-state index contributed by atoms with van der Waals surface area (Å²) < 4.78 is 13.3. The summed E-state index contributed by atoms with van der Waals surface area (Å²) in [5.41, 5.74) is 7.25. The summed E-state index contributed by atoms with van der Waals surface area (Å²) in [6.07, 6.45) is 1.12. The number of rotatable bonds is 6. The molecule has 3 heteroatoms. The van der Waals surface area contributed by atoms with Crippen LogP contribution in [0.5, 0.6) is 0 Å². The summed E-state index contributed by atoms with van der Waals surface area (Å²) >= 11 is 0. The highest BCUT2D eigenvalue weighted by atomic mass is 19.1. The highest BCUT2D eigenvalue weighted by Gasteiger charge is 2.11. The molecule has 0 amide bonds. The molecule has 0 fully saturated rings. The summed E-state index contributed by atoms with van der Waals surface area (Å²) in [7, 11) is 0. The Labute approximate surface area is 104 Å². The lowest BCUT2D eigenvalue weighted by atomic mass is 10.1. The first-order valence-corrected chi connectivity index (χ1v) is 6.33. The Bertz CT molecular complexity index is 352. The third-order valence-electron chi connectivity index (χ3n) is 3.34. The summed E-state index contributed by atoms with van der Waals surface area (Å²) in [6.45, 7) is 8.68. The SMILES string of the molecule is CCC(C)N(CC)Cc1ccc(F)c(CN)c1. The van der Waals surface area contributed by atoms with Gasteiger partial charge in [0.05, 0.1) is 0 Å². The molecule has 0 aliphatic rings. The van der Waals surface area contributed by atoms with E-state index >= 15 is 0 Å². The molecule has 0 radical (unpaired) electrons. The fourth-order valence-electron chi connectivity index (χ4n) is 1.95. The second kappa shape index (κ2) is 6.72. The minimum absolute atomic E-state index is 0.206. The van der Waals surface area contributed by atoms with Crippen molar-refractivity contribution in [3.63, 3.8) is 0 Å². The second-order valence-electron chi connectivity index (χ2n) is 4.45. The van der Waals surface area contributed by atoms with Gasteiger partial charge >= 0.3 is 0 Å². The van der Waals surface area contributed by atoms with Gasteiger partial charge in [-0.15, -0.1) is 0 Å². The van der Waals surface area contributed by atoms with Crippen molar-refractivity contribution in [2.45, 2.75) is 46.3 Å². The first kappa shape index (κ1) is 14.1. The van der Waals surface area contributed by atoms with E-state index in [0.29, 0.717) is 11.6 Å². The molecular formula is C14H23FN2. The molecule has 17 heavy (non-hydrogen) atoms. The minimum Gasteiger partial charge on any atom is -0.326 e. The average molecular weight is 238 g/mol. The van der Waals surface area contributed by atoms with Gasteiger partial charge in [0.1, 0.15) is 5.82 Å². The Kier molecular flexibility index (Phi) is 5.59. The molecule has 1 aromatic rings. The van der Waals surface area contributed by atoms with Crippen molar-refractivity contribution < 1.29 is 4.39 Å². The van der Waals surface area contributed by atoms with E-state index in [1.807, 2.05) is 12.1 Å². The van der Waals surface area contributed by atoms with Gasteiger partial charge in [0.25, 0.3) is 0 Å². The molecule has 2 N–H and O–H groups in total. The first-order valence-electron chi connectivity index (χ1n) is 6.33. The Morgan fingerprint density at radius 3 is 2.59 bits per heavy atom. The number of nitrogens with zero attached hydrogens (tertiary/aromatic N) is 1. The predicted octanol–water partition coefficient (Wildman–Crippen LogP) is 2.90. The molecule has 96 valence electrons. The van der Waals surface area contributed by atoms with Crippen LogP contribution in [0.4, 0.5) is 4.39 Å². The van der Waals surface area contributed by atoms with Crippen LogP contribution in [0.25, 0.3) is 0 Å². The molecule has 0 aromatic heterocycles. The fourth-order valence-corrected chi connectivity index (χ4v) is 1.95. The Morgan fingerprint density at radius 2 is 2.06 bits per heavy atom. The molecule has 0 heterocycles. The topological polar surface area (TPSA) is 29.3 Å². The highest BCUT2D eigenvalue weighted by Crippen LogP contribution is 2.14. The lowest BCUT2D eigenvalue weighted by Gasteiger charge is -2.27. The molecular weight excluding hydrogens is 215 g/mol. The van der Waals surface area contributed by atoms with Gasteiger partial charge in [-0.1, -0.05) is 26.0 Å². The fraction of sp³-hybridized carbons (Fsp3) is 0.571. The van der Waals surface area contributed by atoms with Crippen molar-refractivity contribution in [3.8, 4) is 0 Å². The summed E-state index contributed by atoms with van der Waals surface area (Å²) in [5, 5.41) is 0. The maximum atomic E-state index is 13.3. The van der Waals surface area contributed by atoms with E-state index in [1.165, 1.54) is 6.07 Å². The van der Waals surface area contributed by atoms with E-state index in [2.05, 4.69) is 25.7 Å². The summed E-state index contributed by atoms with van der Waals surface area (Å²) in [4.78, 5) is 2.38. The molecule has 0 aliphatic carbocycles. The Hall–Kier alpha value is -0.930. The van der Waals surface area contributed by atoms with Crippen LogP contribution in [-0.2, 0) is 13.1 Å². The van der Waals surface area contributed by atoms with Crippen molar-refractivity contribution >= 4 is 0 Å². The van der Waals surface area contributed by atoms with Crippen molar-refractivity contribution in [3.05, 3.63) is 35.1 Å². The van der Waals surface area contributed by atoms with Gasteiger partial charge < -0.3 is 5.73 Å². The quantitative estimate of drug-likeness (QED) is 0.825. The van der Waals surface area contributed by atoms with Gasteiger partial charge in [-0.3, -0.25) is 4.90 Å². The molecule has 0 spiro atoms. The zero-order chi connectivity index (χ0) is 12.8. The number of hydrogen-bond acceptors (Lipinski definition) is 2. The van der Waals surface area contributed by atoms with Gasteiger partial charge in [0.2, 0.25) is 0 Å². The number of halogens is 1. The number of benzene rings is 1. The molecule has 1 unspecified atom stereocenters. The molecule has 0 aliphatic heterocycles. The summed E-state index contributed by atoms with van der Waals surface area (Å²) in [6, 6.07) is 5.79. The van der Waals surface area contributed by atoms with Crippen LogP contribution in [0.15, 0.2) is 18.2 Å². The highest BCUT2D eigenvalue weighted by molar-refractivity contribution is 5.25. The maximum absolute atomic E-state index is 13.3.